The quantitative estimate of drug-likeness (QED) is 0.838. The fourth-order valence-electron chi connectivity index (χ4n) is 1.43. The van der Waals surface area contributed by atoms with Crippen molar-refractivity contribution in [3.8, 4) is 0 Å². The zero-order valence-electron chi connectivity index (χ0n) is 9.29. The Labute approximate surface area is 96.9 Å². The van der Waals surface area contributed by atoms with Crippen molar-refractivity contribution in [2.45, 2.75) is 20.8 Å². The first-order valence-corrected chi connectivity index (χ1v) is 5.70. The van der Waals surface area contributed by atoms with E-state index in [2.05, 4.69) is 20.5 Å². The third-order valence-electron chi connectivity index (χ3n) is 2.32. The van der Waals surface area contributed by atoms with E-state index in [-0.39, 0.29) is 5.91 Å². The SMILES string of the molecule is Cc1ncsc1C(=O)Nc1c(C)n[nH]c1C. The van der Waals surface area contributed by atoms with Crippen LogP contribution in [-0.2, 0) is 0 Å². The molecule has 0 fully saturated rings. The summed E-state index contributed by atoms with van der Waals surface area (Å²) in [5, 5.41) is 9.69. The minimum Gasteiger partial charge on any atom is -0.318 e. The Kier molecular flexibility index (Phi) is 2.74. The monoisotopic (exact) mass is 236 g/mol. The third-order valence-corrected chi connectivity index (χ3v) is 3.25. The Bertz CT molecular complexity index is 509. The number of aromatic amines is 1. The molecular weight excluding hydrogens is 224 g/mol. The normalized spacial score (nSPS) is 10.4. The largest absolute Gasteiger partial charge is 0.318 e. The number of amides is 1. The van der Waals surface area contributed by atoms with Crippen molar-refractivity contribution in [3.63, 3.8) is 0 Å². The number of aryl methyl sites for hydroxylation is 3. The highest BCUT2D eigenvalue weighted by molar-refractivity contribution is 7.12. The maximum Gasteiger partial charge on any atom is 0.267 e. The summed E-state index contributed by atoms with van der Waals surface area (Å²) in [4.78, 5) is 16.6. The number of carbonyl (C=O) groups is 1. The highest BCUT2D eigenvalue weighted by atomic mass is 32.1. The number of nitrogens with zero attached hydrogens (tertiary/aromatic N) is 2. The lowest BCUT2D eigenvalue weighted by Gasteiger charge is -2.03. The number of carbonyl (C=O) groups excluding carboxylic acids is 1. The molecule has 0 aliphatic carbocycles. The van der Waals surface area contributed by atoms with E-state index in [0.29, 0.717) is 4.88 Å². The average molecular weight is 236 g/mol. The number of rotatable bonds is 2. The third kappa shape index (κ3) is 1.83. The van der Waals surface area contributed by atoms with Crippen molar-refractivity contribution in [1.82, 2.24) is 15.2 Å². The Morgan fingerprint density at radius 1 is 1.38 bits per heavy atom. The van der Waals surface area contributed by atoms with Crippen molar-refractivity contribution >= 4 is 22.9 Å². The van der Waals surface area contributed by atoms with Crippen molar-refractivity contribution in [1.29, 1.82) is 0 Å². The molecule has 0 saturated carbocycles. The summed E-state index contributed by atoms with van der Waals surface area (Å²) in [6, 6.07) is 0. The lowest BCUT2D eigenvalue weighted by molar-refractivity contribution is 0.102. The van der Waals surface area contributed by atoms with Gasteiger partial charge >= 0.3 is 0 Å². The van der Waals surface area contributed by atoms with Crippen molar-refractivity contribution < 1.29 is 4.79 Å². The lowest BCUT2D eigenvalue weighted by Crippen LogP contribution is -2.12. The molecule has 2 aromatic heterocycles. The van der Waals surface area contributed by atoms with Gasteiger partial charge in [0, 0.05) is 0 Å². The van der Waals surface area contributed by atoms with Gasteiger partial charge in [0.15, 0.2) is 0 Å². The van der Waals surface area contributed by atoms with Crippen LogP contribution >= 0.6 is 11.3 Å². The zero-order valence-corrected chi connectivity index (χ0v) is 10.1. The van der Waals surface area contributed by atoms with E-state index in [9.17, 15) is 4.79 Å². The fraction of sp³-hybridized carbons (Fsp3) is 0.300. The highest BCUT2D eigenvalue weighted by Gasteiger charge is 2.15. The Morgan fingerprint density at radius 2 is 2.12 bits per heavy atom. The predicted molar refractivity (Wildman–Crippen MR) is 62.9 cm³/mol. The van der Waals surface area contributed by atoms with E-state index in [4.69, 9.17) is 0 Å². The van der Waals surface area contributed by atoms with Gasteiger partial charge in [-0.3, -0.25) is 9.89 Å². The van der Waals surface area contributed by atoms with E-state index >= 15 is 0 Å². The molecule has 0 unspecified atom stereocenters. The second-order valence-electron chi connectivity index (χ2n) is 3.53. The summed E-state index contributed by atoms with van der Waals surface area (Å²) < 4.78 is 0. The summed E-state index contributed by atoms with van der Waals surface area (Å²) in [6.07, 6.45) is 0. The van der Waals surface area contributed by atoms with Gasteiger partial charge in [0.05, 0.1) is 28.3 Å². The topological polar surface area (TPSA) is 70.7 Å². The number of aromatic nitrogens is 3. The van der Waals surface area contributed by atoms with Crippen LogP contribution in [0.4, 0.5) is 5.69 Å². The molecule has 1 amide bonds. The van der Waals surface area contributed by atoms with Crippen LogP contribution in [0.3, 0.4) is 0 Å². The van der Waals surface area contributed by atoms with Gasteiger partial charge in [-0.15, -0.1) is 11.3 Å². The first-order chi connectivity index (χ1) is 7.59. The van der Waals surface area contributed by atoms with Crippen LogP contribution in [0.2, 0.25) is 0 Å². The summed E-state index contributed by atoms with van der Waals surface area (Å²) >= 11 is 1.34. The zero-order chi connectivity index (χ0) is 11.7. The molecule has 2 rings (SSSR count). The first kappa shape index (κ1) is 10.8. The van der Waals surface area contributed by atoms with Gasteiger partial charge in [-0.05, 0) is 20.8 Å². The summed E-state index contributed by atoms with van der Waals surface area (Å²) in [7, 11) is 0. The Balaban J connectivity index is 2.24. The van der Waals surface area contributed by atoms with Gasteiger partial charge in [-0.1, -0.05) is 0 Å². The van der Waals surface area contributed by atoms with Gasteiger partial charge in [0.2, 0.25) is 0 Å². The number of anilines is 1. The summed E-state index contributed by atoms with van der Waals surface area (Å²) in [6.45, 7) is 5.54. The molecular formula is C10H12N4OS. The number of nitrogens with one attached hydrogen (secondary N) is 2. The molecule has 0 spiro atoms. The van der Waals surface area contributed by atoms with E-state index in [1.165, 1.54) is 11.3 Å². The summed E-state index contributed by atoms with van der Waals surface area (Å²) in [5.74, 6) is -0.132. The molecule has 0 radical (unpaired) electrons. The number of hydrogen-bond donors (Lipinski definition) is 2. The molecule has 0 bridgehead atoms. The average Bonchev–Trinajstić information content (AvgIpc) is 2.79. The minimum atomic E-state index is -0.132. The van der Waals surface area contributed by atoms with Crippen LogP contribution in [0.15, 0.2) is 5.51 Å². The maximum atomic E-state index is 11.9. The van der Waals surface area contributed by atoms with Crippen LogP contribution in [0, 0.1) is 20.8 Å². The van der Waals surface area contributed by atoms with E-state index in [0.717, 1.165) is 22.8 Å². The minimum absolute atomic E-state index is 0.132. The van der Waals surface area contributed by atoms with Gasteiger partial charge in [-0.2, -0.15) is 5.10 Å². The van der Waals surface area contributed by atoms with Crippen LogP contribution in [0.5, 0.6) is 0 Å². The van der Waals surface area contributed by atoms with Crippen molar-refractivity contribution in [2.24, 2.45) is 0 Å². The number of H-pyrrole nitrogens is 1. The molecule has 2 aromatic rings. The fourth-order valence-corrected chi connectivity index (χ4v) is 2.12. The molecule has 0 atom stereocenters. The first-order valence-electron chi connectivity index (χ1n) is 4.82. The van der Waals surface area contributed by atoms with Crippen molar-refractivity contribution in [3.05, 3.63) is 27.5 Å². The molecule has 84 valence electrons. The standard InChI is InChI=1S/C10H12N4OS/c1-5-8(6(2)14-13-5)12-10(15)9-7(3)11-4-16-9/h4H,1-3H3,(H,12,15)(H,13,14). The number of hydrogen-bond acceptors (Lipinski definition) is 4. The molecule has 5 nitrogen and oxygen atoms in total. The summed E-state index contributed by atoms with van der Waals surface area (Å²) in [5.41, 5.74) is 4.81. The Morgan fingerprint density at radius 3 is 2.62 bits per heavy atom. The molecule has 0 aliphatic heterocycles. The lowest BCUT2D eigenvalue weighted by atomic mass is 10.3. The maximum absolute atomic E-state index is 11.9. The van der Waals surface area contributed by atoms with E-state index < -0.39 is 0 Å². The smallest absolute Gasteiger partial charge is 0.267 e. The predicted octanol–water partition coefficient (Wildman–Crippen LogP) is 2.04. The van der Waals surface area contributed by atoms with Gasteiger partial charge in [0.1, 0.15) is 4.88 Å². The van der Waals surface area contributed by atoms with Crippen molar-refractivity contribution in [2.75, 3.05) is 5.32 Å². The second kappa shape index (κ2) is 4.05. The molecule has 0 saturated heterocycles. The van der Waals surface area contributed by atoms with Gasteiger partial charge in [0.25, 0.3) is 5.91 Å². The number of thiazole rings is 1. The van der Waals surface area contributed by atoms with Gasteiger partial charge in [-0.25, -0.2) is 4.98 Å². The van der Waals surface area contributed by atoms with Gasteiger partial charge < -0.3 is 5.32 Å². The van der Waals surface area contributed by atoms with Crippen LogP contribution < -0.4 is 5.32 Å². The van der Waals surface area contributed by atoms with E-state index in [1.54, 1.807) is 5.51 Å². The van der Waals surface area contributed by atoms with E-state index in [1.807, 2.05) is 20.8 Å². The van der Waals surface area contributed by atoms with Crippen LogP contribution in [-0.4, -0.2) is 21.1 Å². The molecule has 16 heavy (non-hydrogen) atoms. The molecule has 0 aliphatic rings. The molecule has 6 heteroatoms. The molecule has 0 aromatic carbocycles. The Hall–Kier alpha value is -1.69. The van der Waals surface area contributed by atoms with Crippen LogP contribution in [0.1, 0.15) is 26.8 Å². The van der Waals surface area contributed by atoms with Crippen LogP contribution in [0.25, 0.3) is 0 Å². The second-order valence-corrected chi connectivity index (χ2v) is 4.38. The highest BCUT2D eigenvalue weighted by Crippen LogP contribution is 2.19. The molecule has 2 heterocycles. The molecule has 2 N–H and O–H groups in total.